The third-order valence-electron chi connectivity index (χ3n) is 4.24. The van der Waals surface area contributed by atoms with Crippen LogP contribution in [-0.4, -0.2) is 69.5 Å². The quantitative estimate of drug-likeness (QED) is 0.202. The van der Waals surface area contributed by atoms with E-state index >= 15 is 0 Å². The lowest BCUT2D eigenvalue weighted by Gasteiger charge is -2.44. The molecule has 1 saturated heterocycles. The molecule has 0 radical (unpaired) electrons. The second-order valence-electron chi connectivity index (χ2n) is 6.10. The van der Waals surface area contributed by atoms with E-state index in [2.05, 4.69) is 15.1 Å². The number of hydrogen-bond donors (Lipinski definition) is 3. The predicted octanol–water partition coefficient (Wildman–Crippen LogP) is 0.288. The van der Waals surface area contributed by atoms with E-state index in [1.54, 1.807) is 24.8 Å². The molecule has 1 atom stereocenters. The SMILES string of the molecule is Cc1cc(SCC2=C(C(=O)O)N3C(=O)CC3SC2)n2nc(C(=O)NO)nc2n1. The first-order chi connectivity index (χ1) is 13.4. The summed E-state index contributed by atoms with van der Waals surface area (Å²) in [6.07, 6.45) is 0.362. The second kappa shape index (κ2) is 7.07. The zero-order valence-corrected chi connectivity index (χ0v) is 16.1. The normalized spacial score (nSPS) is 18.9. The van der Waals surface area contributed by atoms with Crippen molar-refractivity contribution in [2.24, 2.45) is 0 Å². The fourth-order valence-electron chi connectivity index (χ4n) is 2.95. The second-order valence-corrected chi connectivity index (χ2v) is 8.27. The number of aliphatic carboxylic acids is 1. The van der Waals surface area contributed by atoms with Gasteiger partial charge in [0.2, 0.25) is 11.7 Å². The Kier molecular flexibility index (Phi) is 4.72. The van der Waals surface area contributed by atoms with E-state index in [9.17, 15) is 19.5 Å². The summed E-state index contributed by atoms with van der Waals surface area (Å²) in [6, 6.07) is 1.74. The molecule has 1 fully saturated rings. The number of fused-ring (bicyclic) bond motifs is 2. The van der Waals surface area contributed by atoms with Crippen LogP contribution in [0.1, 0.15) is 22.7 Å². The lowest BCUT2D eigenvalue weighted by Crippen LogP contribution is -2.54. The van der Waals surface area contributed by atoms with Gasteiger partial charge in [-0.1, -0.05) is 0 Å². The molecular weight excluding hydrogens is 408 g/mol. The summed E-state index contributed by atoms with van der Waals surface area (Å²) < 4.78 is 1.36. The molecule has 3 N–H and O–H groups in total. The molecule has 0 saturated carbocycles. The topological polar surface area (TPSA) is 150 Å². The molecule has 146 valence electrons. The first-order valence-corrected chi connectivity index (χ1v) is 10.1. The van der Waals surface area contributed by atoms with Crippen molar-refractivity contribution >= 4 is 47.1 Å². The number of hydroxylamine groups is 1. The van der Waals surface area contributed by atoms with Gasteiger partial charge in [-0.05, 0) is 18.6 Å². The molecule has 2 aliphatic rings. The van der Waals surface area contributed by atoms with Crippen LogP contribution in [0.2, 0.25) is 0 Å². The minimum absolute atomic E-state index is 0.0495. The number of carbonyl (C=O) groups is 3. The van der Waals surface area contributed by atoms with Gasteiger partial charge in [0.1, 0.15) is 10.7 Å². The minimum atomic E-state index is -1.12. The number of nitrogens with one attached hydrogen (secondary N) is 1. The van der Waals surface area contributed by atoms with Crippen molar-refractivity contribution in [3.63, 3.8) is 0 Å². The molecule has 2 aromatic heterocycles. The van der Waals surface area contributed by atoms with Crippen LogP contribution in [-0.2, 0) is 9.59 Å². The van der Waals surface area contributed by atoms with Crippen LogP contribution in [0.25, 0.3) is 5.78 Å². The average Bonchev–Trinajstić information content (AvgIpc) is 3.08. The van der Waals surface area contributed by atoms with Gasteiger partial charge in [-0.25, -0.2) is 15.3 Å². The molecule has 4 rings (SSSR count). The highest BCUT2D eigenvalue weighted by atomic mass is 32.2. The number of hydrogen-bond acceptors (Lipinski definition) is 9. The average molecular weight is 422 g/mol. The fraction of sp³-hybridized carbons (Fsp3) is 0.333. The highest BCUT2D eigenvalue weighted by Crippen LogP contribution is 2.41. The standard InChI is InChI=1S/C15H14N6O5S2/c1-6-2-10(21-15(16-6)17-12(18-21)13(23)19-26)28-5-7-4-27-9-3-8(22)20(9)11(7)14(24)25/h2,9,26H,3-5H2,1H3,(H,19,23)(H,24,25). The third kappa shape index (κ3) is 3.10. The van der Waals surface area contributed by atoms with E-state index in [0.717, 1.165) is 0 Å². The molecule has 4 heterocycles. The van der Waals surface area contributed by atoms with Gasteiger partial charge in [-0.3, -0.25) is 19.7 Å². The maximum Gasteiger partial charge on any atom is 0.352 e. The summed E-state index contributed by atoms with van der Waals surface area (Å²) in [5, 5.41) is 22.9. The molecule has 2 amide bonds. The van der Waals surface area contributed by atoms with Crippen LogP contribution in [0, 0.1) is 6.92 Å². The third-order valence-corrected chi connectivity index (χ3v) is 6.60. The zero-order chi connectivity index (χ0) is 20.0. The molecule has 11 nitrogen and oxygen atoms in total. The smallest absolute Gasteiger partial charge is 0.352 e. The number of aryl methyl sites for hydroxylation is 1. The molecule has 1 unspecified atom stereocenters. The van der Waals surface area contributed by atoms with E-state index in [4.69, 9.17) is 5.21 Å². The van der Waals surface area contributed by atoms with Crippen molar-refractivity contribution in [3.8, 4) is 0 Å². The lowest BCUT2D eigenvalue weighted by atomic mass is 10.1. The molecule has 2 aliphatic heterocycles. The summed E-state index contributed by atoms with van der Waals surface area (Å²) in [5.74, 6) is -1.37. The van der Waals surface area contributed by atoms with E-state index in [1.807, 2.05) is 0 Å². The molecule has 2 aromatic rings. The highest BCUT2D eigenvalue weighted by Gasteiger charge is 2.45. The van der Waals surface area contributed by atoms with Gasteiger partial charge < -0.3 is 5.11 Å². The van der Waals surface area contributed by atoms with Gasteiger partial charge in [0.15, 0.2) is 0 Å². The van der Waals surface area contributed by atoms with E-state index in [-0.39, 0.29) is 28.6 Å². The summed E-state index contributed by atoms with van der Waals surface area (Å²) in [6.45, 7) is 1.76. The lowest BCUT2D eigenvalue weighted by molar-refractivity contribution is -0.146. The van der Waals surface area contributed by atoms with Crippen molar-refractivity contribution in [1.82, 2.24) is 30.0 Å². The number of carbonyl (C=O) groups excluding carboxylic acids is 2. The van der Waals surface area contributed by atoms with Crippen LogP contribution in [0.15, 0.2) is 22.4 Å². The van der Waals surface area contributed by atoms with Crippen molar-refractivity contribution in [1.29, 1.82) is 0 Å². The molecule has 0 spiro atoms. The van der Waals surface area contributed by atoms with E-state index in [1.165, 1.54) is 26.7 Å². The number of amides is 2. The predicted molar refractivity (Wildman–Crippen MR) is 97.9 cm³/mol. The van der Waals surface area contributed by atoms with Gasteiger partial charge in [-0.2, -0.15) is 9.50 Å². The Morgan fingerprint density at radius 3 is 2.89 bits per heavy atom. The summed E-state index contributed by atoms with van der Waals surface area (Å²) >= 11 is 2.85. The highest BCUT2D eigenvalue weighted by molar-refractivity contribution is 8.01. The number of rotatable bonds is 5. The van der Waals surface area contributed by atoms with Gasteiger partial charge >= 0.3 is 11.9 Å². The van der Waals surface area contributed by atoms with Crippen LogP contribution < -0.4 is 5.48 Å². The monoisotopic (exact) mass is 422 g/mol. The minimum Gasteiger partial charge on any atom is -0.477 e. The number of nitrogens with zero attached hydrogens (tertiary/aromatic N) is 5. The van der Waals surface area contributed by atoms with Gasteiger partial charge in [0.25, 0.3) is 5.78 Å². The Bertz CT molecular complexity index is 1050. The zero-order valence-electron chi connectivity index (χ0n) is 14.4. The van der Waals surface area contributed by atoms with Crippen LogP contribution in [0.3, 0.4) is 0 Å². The summed E-state index contributed by atoms with van der Waals surface area (Å²) in [7, 11) is 0. The molecule has 13 heteroatoms. The largest absolute Gasteiger partial charge is 0.477 e. The Balaban J connectivity index is 1.65. The Morgan fingerprint density at radius 2 is 2.21 bits per heavy atom. The molecule has 0 aliphatic carbocycles. The maximum absolute atomic E-state index is 11.8. The van der Waals surface area contributed by atoms with Crippen molar-refractivity contribution in [2.75, 3.05) is 11.5 Å². The van der Waals surface area contributed by atoms with Crippen LogP contribution in [0.4, 0.5) is 0 Å². The first kappa shape index (κ1) is 18.7. The summed E-state index contributed by atoms with van der Waals surface area (Å²) in [5.41, 5.74) is 2.80. The molecule has 0 aromatic carbocycles. The van der Waals surface area contributed by atoms with Gasteiger partial charge in [0, 0.05) is 17.2 Å². The number of aromatic nitrogens is 4. The molecule has 0 bridgehead atoms. The Morgan fingerprint density at radius 1 is 1.43 bits per heavy atom. The van der Waals surface area contributed by atoms with Crippen LogP contribution in [0.5, 0.6) is 0 Å². The van der Waals surface area contributed by atoms with Gasteiger partial charge in [-0.15, -0.1) is 28.6 Å². The van der Waals surface area contributed by atoms with Crippen LogP contribution >= 0.6 is 23.5 Å². The van der Waals surface area contributed by atoms with E-state index in [0.29, 0.717) is 34.2 Å². The van der Waals surface area contributed by atoms with Crippen molar-refractivity contribution < 1.29 is 24.7 Å². The summed E-state index contributed by atoms with van der Waals surface area (Å²) in [4.78, 5) is 44.6. The Hall–Kier alpha value is -2.64. The first-order valence-electron chi connectivity index (χ1n) is 8.09. The van der Waals surface area contributed by atoms with Crippen molar-refractivity contribution in [3.05, 3.63) is 28.9 Å². The maximum atomic E-state index is 11.8. The Labute approximate surface area is 166 Å². The van der Waals surface area contributed by atoms with E-state index < -0.39 is 11.9 Å². The number of carboxylic acids is 1. The number of thioether (sulfide) groups is 2. The number of β-lactam (4-membered cyclic amide) rings is 1. The number of carboxylic acid groups (broad SMARTS) is 1. The van der Waals surface area contributed by atoms with Gasteiger partial charge in [0.05, 0.1) is 11.8 Å². The van der Waals surface area contributed by atoms with Crippen molar-refractivity contribution in [2.45, 2.75) is 23.7 Å². The molecular formula is C15H14N6O5S2. The fourth-order valence-corrected chi connectivity index (χ4v) is 5.41. The molecule has 28 heavy (non-hydrogen) atoms.